The first-order chi connectivity index (χ1) is 14.8. The van der Waals surface area contributed by atoms with Gasteiger partial charge in [-0.15, -0.1) is 0 Å². The predicted molar refractivity (Wildman–Crippen MR) is 121 cm³/mol. The average Bonchev–Trinajstić information content (AvgIpc) is 3.59. The highest BCUT2D eigenvalue weighted by atomic mass is 16.6. The van der Waals surface area contributed by atoms with E-state index in [2.05, 4.69) is 0 Å². The van der Waals surface area contributed by atoms with Crippen LogP contribution in [0, 0.1) is 0 Å². The summed E-state index contributed by atoms with van der Waals surface area (Å²) in [5.41, 5.74) is 8.93. The van der Waals surface area contributed by atoms with Crippen LogP contribution in [0.25, 0.3) is 5.70 Å². The van der Waals surface area contributed by atoms with E-state index in [0.29, 0.717) is 23.0 Å². The first kappa shape index (κ1) is 23.2. The van der Waals surface area contributed by atoms with Crippen LogP contribution < -0.4 is 16.3 Å². The molecule has 0 aromatic carbocycles. The number of carbonyl (C=O) groups is 1. The Morgan fingerprint density at radius 1 is 1.16 bits per heavy atom. The monoisotopic (exact) mass is 431 g/mol. The minimum atomic E-state index is -0.426. The maximum Gasteiger partial charge on any atom is 0.410 e. The van der Waals surface area contributed by atoms with Crippen LogP contribution in [0.1, 0.15) is 76.1 Å². The molecule has 8 nitrogen and oxygen atoms in total. The van der Waals surface area contributed by atoms with Gasteiger partial charge in [-0.05, 0) is 64.5 Å². The van der Waals surface area contributed by atoms with E-state index >= 15 is 0 Å². The van der Waals surface area contributed by atoms with Gasteiger partial charge in [0.1, 0.15) is 12.4 Å². The molecule has 0 aliphatic heterocycles. The number of ether oxygens (including phenoxy) is 2. The molecule has 0 unspecified atom stereocenters. The number of hydrogen-bond donors (Lipinski definition) is 2. The number of aromatic nitrogens is 1. The van der Waals surface area contributed by atoms with E-state index < -0.39 is 6.09 Å². The number of rotatable bonds is 8. The Bertz CT molecular complexity index is 798. The lowest BCUT2D eigenvalue weighted by Crippen LogP contribution is -2.36. The van der Waals surface area contributed by atoms with Gasteiger partial charge in [0, 0.05) is 26.1 Å². The summed E-state index contributed by atoms with van der Waals surface area (Å²) in [6.45, 7) is 3.80. The van der Waals surface area contributed by atoms with Crippen molar-refractivity contribution in [1.29, 1.82) is 0 Å². The van der Waals surface area contributed by atoms with Crippen molar-refractivity contribution in [1.82, 2.24) is 14.9 Å². The molecule has 0 bridgehead atoms. The lowest BCUT2D eigenvalue weighted by Gasteiger charge is -2.25. The van der Waals surface area contributed by atoms with Gasteiger partial charge >= 0.3 is 6.09 Å². The van der Waals surface area contributed by atoms with Crippen LogP contribution in [0.15, 0.2) is 17.8 Å². The van der Waals surface area contributed by atoms with Gasteiger partial charge in [-0.1, -0.05) is 6.42 Å². The summed E-state index contributed by atoms with van der Waals surface area (Å²) in [6, 6.07) is 3.88. The number of pyridine rings is 1. The summed E-state index contributed by atoms with van der Waals surface area (Å²) >= 11 is 0. The molecule has 4 N–H and O–H groups in total. The predicted octanol–water partition coefficient (Wildman–Crippen LogP) is 3.58. The van der Waals surface area contributed by atoms with Gasteiger partial charge in [-0.3, -0.25) is 0 Å². The number of amides is 1. The quantitative estimate of drug-likeness (QED) is 0.478. The Labute approximate surface area is 185 Å². The van der Waals surface area contributed by atoms with Gasteiger partial charge in [0.15, 0.2) is 0 Å². The van der Waals surface area contributed by atoms with E-state index in [1.54, 1.807) is 14.1 Å². The normalized spacial score (nSPS) is 17.9. The molecule has 0 atom stereocenters. The van der Waals surface area contributed by atoms with Crippen molar-refractivity contribution in [3.63, 3.8) is 0 Å². The summed E-state index contributed by atoms with van der Waals surface area (Å²) in [5, 5.41) is 1.38. The van der Waals surface area contributed by atoms with Gasteiger partial charge in [-0.25, -0.2) is 15.6 Å². The molecule has 0 saturated heterocycles. The Morgan fingerprint density at radius 2 is 1.84 bits per heavy atom. The Balaban J connectivity index is 1.80. The zero-order valence-corrected chi connectivity index (χ0v) is 19.3. The van der Waals surface area contributed by atoms with E-state index in [9.17, 15) is 4.79 Å². The van der Waals surface area contributed by atoms with Crippen LogP contribution >= 0.6 is 0 Å². The molecular weight excluding hydrogens is 394 g/mol. The number of nitrogens with two attached hydrogens (primary N) is 2. The number of hydrogen-bond acceptors (Lipinski definition) is 7. The fourth-order valence-electron chi connectivity index (χ4n) is 3.68. The van der Waals surface area contributed by atoms with Crippen LogP contribution in [0.3, 0.4) is 0 Å². The van der Waals surface area contributed by atoms with Crippen LogP contribution in [0.5, 0.6) is 5.75 Å². The van der Waals surface area contributed by atoms with Crippen LogP contribution in [-0.2, 0) is 4.74 Å². The van der Waals surface area contributed by atoms with Gasteiger partial charge in [0.2, 0.25) is 0 Å². The molecule has 172 valence electrons. The average molecular weight is 432 g/mol. The largest absolute Gasteiger partial charge is 0.489 e. The molecule has 0 radical (unpaired) electrons. The van der Waals surface area contributed by atoms with Crippen molar-refractivity contribution in [2.24, 2.45) is 11.6 Å². The topological polar surface area (TPSA) is 107 Å². The van der Waals surface area contributed by atoms with E-state index in [0.717, 1.165) is 37.1 Å². The molecule has 2 aliphatic rings. The molecule has 31 heavy (non-hydrogen) atoms. The number of hydrazine groups is 1. The van der Waals surface area contributed by atoms with E-state index in [1.165, 1.54) is 29.2 Å². The smallest absolute Gasteiger partial charge is 0.410 e. The van der Waals surface area contributed by atoms with Crippen molar-refractivity contribution < 1.29 is 14.3 Å². The molecule has 2 aliphatic carbocycles. The molecule has 2 fully saturated rings. The van der Waals surface area contributed by atoms with Crippen molar-refractivity contribution in [2.75, 3.05) is 20.7 Å². The van der Waals surface area contributed by atoms with E-state index in [4.69, 9.17) is 26.0 Å². The standard InChI is InChI=1S/C23H37N5O3/c1-15(2)27(3)23(29)30-14-19(28(4)25)21(24)18-12-13-20(22(26-18)16-10-11-16)31-17-8-6-5-7-9-17/h12-13,15-17H,5-11,14,24-25H2,1-4H3/b21-19-. The number of nitrogens with zero attached hydrogens (tertiary/aromatic N) is 3. The minimum absolute atomic E-state index is 0.0322. The third-order valence-corrected chi connectivity index (χ3v) is 6.10. The van der Waals surface area contributed by atoms with Gasteiger partial charge in [0.05, 0.1) is 28.9 Å². The summed E-state index contributed by atoms with van der Waals surface area (Å²) in [6.07, 6.45) is 8.02. The lowest BCUT2D eigenvalue weighted by atomic mass is 9.98. The summed E-state index contributed by atoms with van der Waals surface area (Å²) in [5.74, 6) is 7.29. The summed E-state index contributed by atoms with van der Waals surface area (Å²) in [4.78, 5) is 18.6. The Kier molecular flexibility index (Phi) is 7.64. The molecule has 1 aromatic rings. The second-order valence-corrected chi connectivity index (χ2v) is 8.96. The molecule has 8 heteroatoms. The second kappa shape index (κ2) is 10.2. The fraction of sp³-hybridized carbons (Fsp3) is 0.652. The van der Waals surface area contributed by atoms with Gasteiger partial charge in [0.25, 0.3) is 0 Å². The molecule has 3 rings (SSSR count). The first-order valence-corrected chi connectivity index (χ1v) is 11.3. The van der Waals surface area contributed by atoms with Crippen molar-refractivity contribution in [3.8, 4) is 5.75 Å². The van der Waals surface area contributed by atoms with E-state index in [1.807, 2.05) is 26.0 Å². The fourth-order valence-corrected chi connectivity index (χ4v) is 3.68. The highest BCUT2D eigenvalue weighted by molar-refractivity contribution is 5.69. The van der Waals surface area contributed by atoms with Gasteiger partial charge in [-0.2, -0.15) is 0 Å². The van der Waals surface area contributed by atoms with Crippen LogP contribution in [0.2, 0.25) is 0 Å². The third-order valence-electron chi connectivity index (χ3n) is 6.10. The van der Waals surface area contributed by atoms with Crippen LogP contribution in [-0.4, -0.2) is 53.8 Å². The molecule has 1 aromatic heterocycles. The van der Waals surface area contributed by atoms with Crippen molar-refractivity contribution >= 4 is 11.8 Å². The minimum Gasteiger partial charge on any atom is -0.489 e. The third kappa shape index (κ3) is 6.03. The highest BCUT2D eigenvalue weighted by Crippen LogP contribution is 2.44. The SMILES string of the molecule is CC(C)N(C)C(=O)OC/C(=C(/N)c1ccc(OC2CCCCC2)c(C2CC2)n1)N(C)N. The second-order valence-electron chi connectivity index (χ2n) is 8.96. The zero-order valence-electron chi connectivity index (χ0n) is 19.3. The lowest BCUT2D eigenvalue weighted by molar-refractivity contribution is 0.104. The molecular formula is C23H37N5O3. The Morgan fingerprint density at radius 3 is 2.42 bits per heavy atom. The summed E-state index contributed by atoms with van der Waals surface area (Å²) in [7, 11) is 3.37. The maximum atomic E-state index is 12.2. The highest BCUT2D eigenvalue weighted by Gasteiger charge is 2.30. The Hall–Kier alpha value is -2.48. The maximum absolute atomic E-state index is 12.2. The number of carbonyl (C=O) groups excluding carboxylic acids is 1. The number of likely N-dealkylation sites (N-methyl/N-ethyl adjacent to an activating group) is 1. The molecule has 1 amide bonds. The van der Waals surface area contributed by atoms with Crippen LogP contribution in [0.4, 0.5) is 4.79 Å². The van der Waals surface area contributed by atoms with Crippen molar-refractivity contribution in [3.05, 3.63) is 29.2 Å². The zero-order chi connectivity index (χ0) is 22.5. The molecule has 0 spiro atoms. The summed E-state index contributed by atoms with van der Waals surface area (Å²) < 4.78 is 11.7. The molecule has 2 saturated carbocycles. The molecule has 1 heterocycles. The van der Waals surface area contributed by atoms with Crippen molar-refractivity contribution in [2.45, 2.75) is 76.9 Å². The van der Waals surface area contributed by atoms with E-state index in [-0.39, 0.29) is 18.8 Å². The first-order valence-electron chi connectivity index (χ1n) is 11.3. The van der Waals surface area contributed by atoms with Gasteiger partial charge < -0.3 is 25.1 Å².